The Balaban J connectivity index is 0.00000274. The van der Waals surface area contributed by atoms with E-state index in [-0.39, 0.29) is 50.3 Å². The van der Waals surface area contributed by atoms with E-state index in [1.165, 1.54) is 25.3 Å². The Labute approximate surface area is 210 Å². The summed E-state index contributed by atoms with van der Waals surface area (Å²) in [5.41, 5.74) is 8.96. The van der Waals surface area contributed by atoms with E-state index >= 15 is 0 Å². The van der Waals surface area contributed by atoms with E-state index < -0.39 is 11.6 Å². The van der Waals surface area contributed by atoms with Crippen LogP contribution in [0.15, 0.2) is 36.4 Å². The number of phenols is 1. The van der Waals surface area contributed by atoms with Gasteiger partial charge in [-0.3, -0.25) is 5.10 Å². The summed E-state index contributed by atoms with van der Waals surface area (Å²) in [5, 5.41) is 27.1. The van der Waals surface area contributed by atoms with Gasteiger partial charge in [-0.15, -0.1) is 17.0 Å². The molecule has 0 amide bonds. The maximum Gasteiger partial charge on any atom is 0.184 e. The van der Waals surface area contributed by atoms with Crippen molar-refractivity contribution in [3.8, 4) is 34.2 Å². The van der Waals surface area contributed by atoms with Crippen molar-refractivity contribution in [2.75, 3.05) is 23.7 Å². The second kappa shape index (κ2) is 9.49. The highest BCUT2D eigenvalue weighted by molar-refractivity contribution is 8.93. The third-order valence-corrected chi connectivity index (χ3v) is 6.31. The van der Waals surface area contributed by atoms with E-state index in [2.05, 4.69) is 26.2 Å². The predicted octanol–water partition coefficient (Wildman–Crippen LogP) is 5.81. The van der Waals surface area contributed by atoms with Crippen molar-refractivity contribution in [1.82, 2.24) is 15.2 Å². The Morgan fingerprint density at radius 3 is 2.53 bits per heavy atom. The average Bonchev–Trinajstić information content (AvgIpc) is 3.21. The molecule has 1 aliphatic heterocycles. The van der Waals surface area contributed by atoms with Crippen LogP contribution in [0, 0.1) is 17.1 Å². The molecule has 0 aliphatic carbocycles. The van der Waals surface area contributed by atoms with Crippen LogP contribution in [0.2, 0.25) is 5.02 Å². The van der Waals surface area contributed by atoms with Gasteiger partial charge in [0, 0.05) is 36.0 Å². The van der Waals surface area contributed by atoms with Gasteiger partial charge >= 0.3 is 0 Å². The fourth-order valence-corrected chi connectivity index (χ4v) is 4.54. The normalized spacial score (nSPS) is 13.5. The Hall–Kier alpha value is -3.35. The molecule has 2 aromatic heterocycles. The second-order valence-electron chi connectivity index (χ2n) is 8.04. The van der Waals surface area contributed by atoms with Crippen molar-refractivity contribution < 1.29 is 9.50 Å². The van der Waals surface area contributed by atoms with Gasteiger partial charge in [-0.05, 0) is 43.0 Å². The molecule has 0 bridgehead atoms. The van der Waals surface area contributed by atoms with E-state index in [1.807, 2.05) is 24.3 Å². The van der Waals surface area contributed by atoms with Gasteiger partial charge < -0.3 is 15.7 Å². The first kappa shape index (κ1) is 23.8. The minimum atomic E-state index is -0.754. The van der Waals surface area contributed by atoms with Crippen molar-refractivity contribution in [1.29, 1.82) is 5.26 Å². The van der Waals surface area contributed by atoms with Crippen molar-refractivity contribution in [3.05, 3.63) is 52.8 Å². The van der Waals surface area contributed by atoms with Crippen LogP contribution in [-0.2, 0) is 0 Å². The quantitative estimate of drug-likeness (QED) is 0.300. The third kappa shape index (κ3) is 4.04. The van der Waals surface area contributed by atoms with E-state index in [9.17, 15) is 14.8 Å². The number of phenolic OH excluding ortho intramolecular Hbond substituents is 1. The number of aromatic nitrogens is 3. The summed E-state index contributed by atoms with van der Waals surface area (Å²) in [7, 11) is 0. The monoisotopic (exact) mass is 542 g/mol. The summed E-state index contributed by atoms with van der Waals surface area (Å²) in [6.45, 7) is 2.03. The lowest BCUT2D eigenvalue weighted by Crippen LogP contribution is -2.29. The minimum Gasteiger partial charge on any atom is -0.506 e. The maximum atomic E-state index is 14.8. The van der Waals surface area contributed by atoms with E-state index in [0.29, 0.717) is 10.9 Å². The highest BCUT2D eigenvalue weighted by atomic mass is 79.9. The molecule has 3 heterocycles. The number of benzene rings is 2. The fourth-order valence-electron chi connectivity index (χ4n) is 4.38. The zero-order valence-corrected chi connectivity index (χ0v) is 20.4. The molecule has 2 aromatic carbocycles. The highest BCUT2D eigenvalue weighted by Gasteiger charge is 2.24. The number of rotatable bonds is 3. The molecule has 1 saturated heterocycles. The zero-order chi connectivity index (χ0) is 23.1. The number of hydrogen-bond donors (Lipinski definition) is 3. The Bertz CT molecular complexity index is 1410. The van der Waals surface area contributed by atoms with Crippen molar-refractivity contribution in [2.45, 2.75) is 19.3 Å². The van der Waals surface area contributed by atoms with Crippen LogP contribution in [0.1, 0.15) is 24.8 Å². The van der Waals surface area contributed by atoms with Crippen LogP contribution in [0.5, 0.6) is 5.75 Å². The number of nitrogens with one attached hydrogen (secondary N) is 1. The summed E-state index contributed by atoms with van der Waals surface area (Å²) in [5.74, 6) is -0.884. The first-order valence-corrected chi connectivity index (χ1v) is 11.0. The lowest BCUT2D eigenvalue weighted by Gasteiger charge is -2.29. The molecule has 34 heavy (non-hydrogen) atoms. The number of nitriles is 1. The zero-order valence-electron chi connectivity index (χ0n) is 18.0. The number of aromatic hydroxyl groups is 1. The largest absolute Gasteiger partial charge is 0.506 e. The molecule has 174 valence electrons. The van der Waals surface area contributed by atoms with Crippen molar-refractivity contribution >= 4 is 51.1 Å². The minimum absolute atomic E-state index is 0. The number of pyridine rings is 1. The number of nitrogens with zero attached hydrogens (tertiary/aromatic N) is 4. The van der Waals surface area contributed by atoms with Gasteiger partial charge in [0.2, 0.25) is 0 Å². The third-order valence-electron chi connectivity index (χ3n) is 6.01. The lowest BCUT2D eigenvalue weighted by molar-refractivity contribution is 0.469. The standard InChI is InChI=1S/C24H20ClFN6O.BrH/c25-17-10-15(18(26)11-19(17)33)22-16(12-27)20(21-23(28)30-31-24(21)29-22)13-4-6-14(7-5-13)32-8-2-1-3-9-32;/h4-7,10-11,33H,1-3,8-9H2,(H3,28,29,30,31);1H. The number of nitrogens with two attached hydrogens (primary N) is 1. The molecule has 0 saturated carbocycles. The number of H-pyrrole nitrogens is 1. The van der Waals surface area contributed by atoms with Crippen LogP contribution in [-0.4, -0.2) is 33.4 Å². The smallest absolute Gasteiger partial charge is 0.184 e. The topological polar surface area (TPSA) is 115 Å². The van der Waals surface area contributed by atoms with E-state index in [4.69, 9.17) is 17.3 Å². The number of hydrogen-bond acceptors (Lipinski definition) is 6. The molecule has 1 aliphatic rings. The fraction of sp³-hybridized carbons (Fsp3) is 0.208. The van der Waals surface area contributed by atoms with Gasteiger partial charge in [0.05, 0.1) is 21.7 Å². The molecular weight excluding hydrogens is 523 g/mol. The Morgan fingerprint density at radius 1 is 1.15 bits per heavy atom. The van der Waals surface area contributed by atoms with Gasteiger partial charge in [-0.2, -0.15) is 10.4 Å². The highest BCUT2D eigenvalue weighted by Crippen LogP contribution is 2.41. The molecule has 4 N–H and O–H groups in total. The van der Waals surface area contributed by atoms with Gasteiger partial charge in [0.1, 0.15) is 23.5 Å². The summed E-state index contributed by atoms with van der Waals surface area (Å²) in [6, 6.07) is 12.2. The van der Waals surface area contributed by atoms with Crippen molar-refractivity contribution in [2.24, 2.45) is 0 Å². The van der Waals surface area contributed by atoms with Crippen LogP contribution in [0.3, 0.4) is 0 Å². The molecule has 0 unspecified atom stereocenters. The Morgan fingerprint density at radius 2 is 1.85 bits per heavy atom. The lowest BCUT2D eigenvalue weighted by atomic mass is 9.93. The summed E-state index contributed by atoms with van der Waals surface area (Å²) in [6.07, 6.45) is 3.58. The number of aromatic amines is 1. The summed E-state index contributed by atoms with van der Waals surface area (Å²) < 4.78 is 14.8. The molecular formula is C24H21BrClFN6O. The predicted molar refractivity (Wildman–Crippen MR) is 137 cm³/mol. The van der Waals surface area contributed by atoms with Gasteiger partial charge in [0.15, 0.2) is 5.65 Å². The molecule has 0 spiro atoms. The van der Waals surface area contributed by atoms with Crippen molar-refractivity contribution in [3.63, 3.8) is 0 Å². The number of fused-ring (bicyclic) bond motifs is 1. The number of anilines is 2. The summed E-state index contributed by atoms with van der Waals surface area (Å²) in [4.78, 5) is 6.75. The second-order valence-corrected chi connectivity index (χ2v) is 8.44. The first-order valence-electron chi connectivity index (χ1n) is 10.6. The maximum absolute atomic E-state index is 14.8. The van der Waals surface area contributed by atoms with Crippen LogP contribution >= 0.6 is 28.6 Å². The molecule has 0 radical (unpaired) electrons. The first-order chi connectivity index (χ1) is 16.0. The van der Waals surface area contributed by atoms with Crippen LogP contribution in [0.4, 0.5) is 15.9 Å². The Kier molecular flexibility index (Phi) is 6.64. The molecule has 4 aromatic rings. The van der Waals surface area contributed by atoms with Crippen LogP contribution in [0.25, 0.3) is 33.4 Å². The van der Waals surface area contributed by atoms with Crippen LogP contribution < -0.4 is 10.6 Å². The molecule has 5 rings (SSSR count). The molecule has 10 heteroatoms. The summed E-state index contributed by atoms with van der Waals surface area (Å²) >= 11 is 6.03. The number of piperidine rings is 1. The molecule has 0 atom stereocenters. The van der Waals surface area contributed by atoms with Gasteiger partial charge in [-0.1, -0.05) is 23.7 Å². The SMILES string of the molecule is Br.N#Cc1c(-c2cc(Cl)c(O)cc2F)nc2n[nH]c(N)c2c1-c1ccc(N2CCCCC2)cc1. The van der Waals surface area contributed by atoms with Gasteiger partial charge in [-0.25, -0.2) is 9.37 Å². The average molecular weight is 544 g/mol. The molecule has 7 nitrogen and oxygen atoms in total. The van der Waals surface area contributed by atoms with E-state index in [0.717, 1.165) is 30.4 Å². The number of halogens is 3. The number of nitrogen functional groups attached to an aromatic ring is 1. The van der Waals surface area contributed by atoms with Gasteiger partial charge in [0.25, 0.3) is 0 Å². The molecule has 1 fully saturated rings. The van der Waals surface area contributed by atoms with E-state index in [1.54, 1.807) is 0 Å².